The first-order valence-corrected chi connectivity index (χ1v) is 7.88. The van der Waals surface area contributed by atoms with Gasteiger partial charge in [0.2, 0.25) is 5.91 Å². The van der Waals surface area contributed by atoms with E-state index in [1.165, 1.54) is 0 Å². The summed E-state index contributed by atoms with van der Waals surface area (Å²) in [5, 5.41) is 2.05. The minimum absolute atomic E-state index is 0.274. The fourth-order valence-corrected chi connectivity index (χ4v) is 3.40. The number of aromatic nitrogens is 2. The minimum atomic E-state index is 0.274. The first-order chi connectivity index (χ1) is 9.79. The number of hydrogen-bond acceptors (Lipinski definition) is 5. The van der Waals surface area contributed by atoms with E-state index in [1.54, 1.807) is 17.7 Å². The highest BCUT2D eigenvalue weighted by atomic mass is 32.1. The van der Waals surface area contributed by atoms with Gasteiger partial charge in [-0.2, -0.15) is 0 Å². The van der Waals surface area contributed by atoms with Crippen LogP contribution < -0.4 is 4.90 Å². The predicted octanol–water partition coefficient (Wildman–Crippen LogP) is 2.14. The molecule has 3 heterocycles. The van der Waals surface area contributed by atoms with Crippen molar-refractivity contribution in [3.63, 3.8) is 0 Å². The van der Waals surface area contributed by atoms with Gasteiger partial charge in [0.1, 0.15) is 12.1 Å². The first kappa shape index (κ1) is 13.3. The molecule has 106 valence electrons. The Kier molecular flexibility index (Phi) is 3.82. The van der Waals surface area contributed by atoms with Gasteiger partial charge in [0.25, 0.3) is 0 Å². The summed E-state index contributed by atoms with van der Waals surface area (Å²) >= 11 is 1.68. The van der Waals surface area contributed by atoms with Crippen molar-refractivity contribution in [2.45, 2.75) is 19.8 Å². The van der Waals surface area contributed by atoms with Crippen LogP contribution in [0.2, 0.25) is 0 Å². The molecule has 1 amide bonds. The summed E-state index contributed by atoms with van der Waals surface area (Å²) < 4.78 is 1.14. The number of nitrogens with zero attached hydrogens (tertiary/aromatic N) is 4. The van der Waals surface area contributed by atoms with E-state index in [1.807, 2.05) is 23.3 Å². The molecule has 0 aliphatic carbocycles. The molecule has 0 aromatic carbocycles. The summed E-state index contributed by atoms with van der Waals surface area (Å²) in [7, 11) is 0. The largest absolute Gasteiger partial charge is 0.352 e. The molecule has 0 atom stereocenters. The average Bonchev–Trinajstić information content (AvgIpc) is 2.96. The Morgan fingerprint density at radius 2 is 2.10 bits per heavy atom. The summed E-state index contributed by atoms with van der Waals surface area (Å²) in [6, 6.07) is 2.02. The number of thiophene rings is 1. The van der Waals surface area contributed by atoms with Crippen molar-refractivity contribution in [1.82, 2.24) is 14.9 Å². The Hall–Kier alpha value is -1.69. The van der Waals surface area contributed by atoms with Crippen molar-refractivity contribution in [3.05, 3.63) is 17.8 Å². The van der Waals surface area contributed by atoms with E-state index >= 15 is 0 Å². The molecule has 0 spiro atoms. The van der Waals surface area contributed by atoms with E-state index in [-0.39, 0.29) is 5.91 Å². The molecule has 1 aliphatic heterocycles. The van der Waals surface area contributed by atoms with E-state index in [2.05, 4.69) is 14.9 Å². The van der Waals surface area contributed by atoms with Gasteiger partial charge in [0.05, 0.1) is 10.2 Å². The number of rotatable bonds is 3. The Bertz CT molecular complexity index is 604. The van der Waals surface area contributed by atoms with E-state index in [4.69, 9.17) is 0 Å². The maximum absolute atomic E-state index is 11.9. The topological polar surface area (TPSA) is 49.3 Å². The van der Waals surface area contributed by atoms with Gasteiger partial charge in [-0.25, -0.2) is 9.97 Å². The van der Waals surface area contributed by atoms with Gasteiger partial charge in [0, 0.05) is 32.6 Å². The molecule has 1 aliphatic rings. The van der Waals surface area contributed by atoms with Crippen molar-refractivity contribution in [2.75, 3.05) is 31.1 Å². The second-order valence-electron chi connectivity index (χ2n) is 4.95. The van der Waals surface area contributed by atoms with Gasteiger partial charge in [-0.15, -0.1) is 11.3 Å². The van der Waals surface area contributed by atoms with Gasteiger partial charge in [-0.1, -0.05) is 6.92 Å². The van der Waals surface area contributed by atoms with E-state index in [0.29, 0.717) is 6.42 Å². The first-order valence-electron chi connectivity index (χ1n) is 7.00. The molecule has 1 fully saturated rings. The lowest BCUT2D eigenvalue weighted by Gasteiger charge is -2.35. The summed E-state index contributed by atoms with van der Waals surface area (Å²) in [6.45, 7) is 5.31. The molecule has 3 rings (SSSR count). The van der Waals surface area contributed by atoms with Crippen LogP contribution in [0.4, 0.5) is 5.82 Å². The van der Waals surface area contributed by atoms with Gasteiger partial charge >= 0.3 is 0 Å². The van der Waals surface area contributed by atoms with Crippen molar-refractivity contribution in [3.8, 4) is 0 Å². The number of piperazine rings is 1. The lowest BCUT2D eigenvalue weighted by Crippen LogP contribution is -2.49. The third-order valence-corrected chi connectivity index (χ3v) is 4.52. The summed E-state index contributed by atoms with van der Waals surface area (Å²) in [5.74, 6) is 1.28. The van der Waals surface area contributed by atoms with Gasteiger partial charge in [-0.05, 0) is 17.9 Å². The zero-order valence-corrected chi connectivity index (χ0v) is 12.4. The molecule has 2 aromatic heterocycles. The number of fused-ring (bicyclic) bond motifs is 1. The SMILES string of the molecule is CCCC(=O)N1CCN(c2ncnc3ccsc23)CC1. The molecule has 5 nitrogen and oxygen atoms in total. The fourth-order valence-electron chi connectivity index (χ4n) is 2.54. The molecule has 0 unspecified atom stereocenters. The highest BCUT2D eigenvalue weighted by Gasteiger charge is 2.22. The molecule has 0 N–H and O–H groups in total. The summed E-state index contributed by atoms with van der Waals surface area (Å²) in [5.41, 5.74) is 1.00. The number of amides is 1. The molecule has 20 heavy (non-hydrogen) atoms. The lowest BCUT2D eigenvalue weighted by molar-refractivity contribution is -0.131. The molecular weight excluding hydrogens is 272 g/mol. The average molecular weight is 290 g/mol. The Labute approximate surface area is 122 Å². The van der Waals surface area contributed by atoms with Crippen molar-refractivity contribution < 1.29 is 4.79 Å². The van der Waals surface area contributed by atoms with Crippen LogP contribution in [0.3, 0.4) is 0 Å². The monoisotopic (exact) mass is 290 g/mol. The second kappa shape index (κ2) is 5.75. The number of carbonyl (C=O) groups excluding carboxylic acids is 1. The Balaban J connectivity index is 1.72. The van der Waals surface area contributed by atoms with E-state index < -0.39 is 0 Å². The van der Waals surface area contributed by atoms with Gasteiger partial charge in [-0.3, -0.25) is 4.79 Å². The molecular formula is C14H18N4OS. The smallest absolute Gasteiger partial charge is 0.222 e. The van der Waals surface area contributed by atoms with Gasteiger partial charge in [0.15, 0.2) is 0 Å². The lowest BCUT2D eigenvalue weighted by atomic mass is 10.2. The van der Waals surface area contributed by atoms with E-state index in [9.17, 15) is 4.79 Å². The predicted molar refractivity (Wildman–Crippen MR) is 81.1 cm³/mol. The van der Waals surface area contributed by atoms with Crippen LogP contribution in [0.5, 0.6) is 0 Å². The van der Waals surface area contributed by atoms with Crippen LogP contribution in [0.25, 0.3) is 10.2 Å². The number of hydrogen-bond donors (Lipinski definition) is 0. The maximum Gasteiger partial charge on any atom is 0.222 e. The van der Waals surface area contributed by atoms with Crippen LogP contribution in [0.15, 0.2) is 17.8 Å². The quantitative estimate of drug-likeness (QED) is 0.869. The third kappa shape index (κ3) is 2.47. The highest BCUT2D eigenvalue weighted by Crippen LogP contribution is 2.28. The van der Waals surface area contributed by atoms with Crippen LogP contribution in [-0.4, -0.2) is 47.0 Å². The number of anilines is 1. The standard InChI is InChI=1S/C14H18N4OS/c1-2-3-12(19)17-5-7-18(8-6-17)14-13-11(4-9-20-13)15-10-16-14/h4,9-10H,2-3,5-8H2,1H3. The van der Waals surface area contributed by atoms with Crippen LogP contribution in [0.1, 0.15) is 19.8 Å². The minimum Gasteiger partial charge on any atom is -0.352 e. The second-order valence-corrected chi connectivity index (χ2v) is 5.87. The highest BCUT2D eigenvalue weighted by molar-refractivity contribution is 7.17. The van der Waals surface area contributed by atoms with Crippen molar-refractivity contribution >= 4 is 33.3 Å². The molecule has 0 saturated carbocycles. The molecule has 0 radical (unpaired) electrons. The molecule has 1 saturated heterocycles. The Morgan fingerprint density at radius 3 is 2.85 bits per heavy atom. The Morgan fingerprint density at radius 1 is 1.30 bits per heavy atom. The third-order valence-electron chi connectivity index (χ3n) is 3.62. The molecule has 2 aromatic rings. The normalized spacial score (nSPS) is 15.8. The zero-order valence-electron chi connectivity index (χ0n) is 11.6. The van der Waals surface area contributed by atoms with Crippen LogP contribution in [0, 0.1) is 0 Å². The van der Waals surface area contributed by atoms with Crippen LogP contribution >= 0.6 is 11.3 Å². The maximum atomic E-state index is 11.9. The zero-order chi connectivity index (χ0) is 13.9. The molecule has 6 heteroatoms. The summed E-state index contributed by atoms with van der Waals surface area (Å²) in [6.07, 6.45) is 3.20. The fraction of sp³-hybridized carbons (Fsp3) is 0.500. The van der Waals surface area contributed by atoms with E-state index in [0.717, 1.165) is 48.6 Å². The van der Waals surface area contributed by atoms with Gasteiger partial charge < -0.3 is 9.80 Å². The van der Waals surface area contributed by atoms with Crippen molar-refractivity contribution in [2.24, 2.45) is 0 Å². The van der Waals surface area contributed by atoms with Crippen molar-refractivity contribution in [1.29, 1.82) is 0 Å². The molecule has 0 bridgehead atoms. The number of carbonyl (C=O) groups is 1. The van der Waals surface area contributed by atoms with Crippen LogP contribution in [-0.2, 0) is 4.79 Å². The summed E-state index contributed by atoms with van der Waals surface area (Å²) in [4.78, 5) is 24.8.